The Morgan fingerprint density at radius 2 is 1.86 bits per heavy atom. The fourth-order valence-electron chi connectivity index (χ4n) is 2.50. The molecular formula is C18H19N3O. The van der Waals surface area contributed by atoms with Crippen molar-refractivity contribution in [3.8, 4) is 5.75 Å². The summed E-state index contributed by atoms with van der Waals surface area (Å²) in [4.78, 5) is 4.65. The van der Waals surface area contributed by atoms with Crippen LogP contribution in [0.3, 0.4) is 0 Å². The Hall–Kier alpha value is -2.75. The fourth-order valence-corrected chi connectivity index (χ4v) is 2.50. The summed E-state index contributed by atoms with van der Waals surface area (Å²) in [6, 6.07) is 13.8. The SMILES string of the molecule is COc1ccc2nc(Nc3ccc(C)cc3N)cc(C)c2c1. The smallest absolute Gasteiger partial charge is 0.131 e. The molecule has 0 spiro atoms. The number of hydrogen-bond donors (Lipinski definition) is 2. The Morgan fingerprint density at radius 1 is 1.05 bits per heavy atom. The third-order valence-corrected chi connectivity index (χ3v) is 3.69. The number of rotatable bonds is 3. The topological polar surface area (TPSA) is 60.2 Å². The van der Waals surface area contributed by atoms with Crippen LogP contribution in [-0.2, 0) is 0 Å². The standard InChI is InChI=1S/C18H19N3O/c1-11-4-6-17(15(19)8-11)21-18-9-12(2)14-10-13(22-3)5-7-16(14)20-18/h4-10H,19H2,1-3H3,(H,20,21). The van der Waals surface area contributed by atoms with E-state index in [-0.39, 0.29) is 0 Å². The minimum absolute atomic E-state index is 0.717. The van der Waals surface area contributed by atoms with Crippen molar-refractivity contribution in [3.63, 3.8) is 0 Å². The summed E-state index contributed by atoms with van der Waals surface area (Å²) in [6.45, 7) is 4.08. The van der Waals surface area contributed by atoms with Crippen LogP contribution in [0, 0.1) is 13.8 Å². The van der Waals surface area contributed by atoms with Crippen LogP contribution in [-0.4, -0.2) is 12.1 Å². The molecule has 0 saturated carbocycles. The maximum Gasteiger partial charge on any atom is 0.131 e. The third kappa shape index (κ3) is 2.68. The summed E-state index contributed by atoms with van der Waals surface area (Å²) < 4.78 is 5.27. The first-order valence-corrected chi connectivity index (χ1v) is 7.15. The number of hydrogen-bond acceptors (Lipinski definition) is 4. The van der Waals surface area contributed by atoms with Crippen molar-refractivity contribution < 1.29 is 4.74 Å². The Kier molecular flexibility index (Phi) is 3.59. The van der Waals surface area contributed by atoms with Gasteiger partial charge < -0.3 is 15.8 Å². The lowest BCUT2D eigenvalue weighted by Gasteiger charge is -2.12. The number of methoxy groups -OCH3 is 1. The molecule has 0 amide bonds. The highest BCUT2D eigenvalue weighted by atomic mass is 16.5. The van der Waals surface area contributed by atoms with Gasteiger partial charge in [0.25, 0.3) is 0 Å². The van der Waals surface area contributed by atoms with E-state index in [0.29, 0.717) is 5.69 Å². The lowest BCUT2D eigenvalue weighted by atomic mass is 10.1. The van der Waals surface area contributed by atoms with Crippen molar-refractivity contribution >= 4 is 28.1 Å². The molecule has 0 radical (unpaired) electrons. The van der Waals surface area contributed by atoms with Crippen LogP contribution in [0.25, 0.3) is 10.9 Å². The number of anilines is 3. The van der Waals surface area contributed by atoms with Gasteiger partial charge in [-0.25, -0.2) is 4.98 Å². The largest absolute Gasteiger partial charge is 0.497 e. The molecule has 0 aliphatic heterocycles. The van der Waals surface area contributed by atoms with Crippen LogP contribution >= 0.6 is 0 Å². The molecule has 0 aliphatic rings. The monoisotopic (exact) mass is 293 g/mol. The van der Waals surface area contributed by atoms with Gasteiger partial charge in [0.1, 0.15) is 11.6 Å². The van der Waals surface area contributed by atoms with Crippen molar-refractivity contribution in [1.29, 1.82) is 0 Å². The molecule has 1 aromatic heterocycles. The predicted octanol–water partition coefficient (Wildman–Crippen LogP) is 4.19. The molecule has 2 aromatic carbocycles. The van der Waals surface area contributed by atoms with E-state index < -0.39 is 0 Å². The van der Waals surface area contributed by atoms with Gasteiger partial charge in [0.2, 0.25) is 0 Å². The number of fused-ring (bicyclic) bond motifs is 1. The number of benzene rings is 2. The first-order valence-electron chi connectivity index (χ1n) is 7.15. The molecule has 3 rings (SSSR count). The van der Waals surface area contributed by atoms with E-state index in [2.05, 4.69) is 17.2 Å². The van der Waals surface area contributed by atoms with E-state index >= 15 is 0 Å². The molecule has 3 N–H and O–H groups in total. The Morgan fingerprint density at radius 3 is 2.59 bits per heavy atom. The number of nitrogens with two attached hydrogens (primary N) is 1. The Balaban J connectivity index is 2.01. The number of aromatic nitrogens is 1. The van der Waals surface area contributed by atoms with Crippen LogP contribution in [0.15, 0.2) is 42.5 Å². The minimum atomic E-state index is 0.717. The molecule has 0 atom stereocenters. The molecule has 0 fully saturated rings. The normalized spacial score (nSPS) is 10.7. The zero-order valence-corrected chi connectivity index (χ0v) is 13.0. The highest BCUT2D eigenvalue weighted by Gasteiger charge is 2.06. The van der Waals surface area contributed by atoms with Crippen molar-refractivity contribution in [2.24, 2.45) is 0 Å². The van der Waals surface area contributed by atoms with Gasteiger partial charge in [-0.1, -0.05) is 6.07 Å². The van der Waals surface area contributed by atoms with E-state index in [1.165, 1.54) is 0 Å². The van der Waals surface area contributed by atoms with Crippen LogP contribution in [0.4, 0.5) is 17.2 Å². The van der Waals surface area contributed by atoms with E-state index in [9.17, 15) is 0 Å². The molecule has 4 nitrogen and oxygen atoms in total. The van der Waals surface area contributed by atoms with Crippen LogP contribution in [0.5, 0.6) is 5.75 Å². The fraction of sp³-hybridized carbons (Fsp3) is 0.167. The molecule has 0 unspecified atom stereocenters. The molecule has 0 saturated heterocycles. The van der Waals surface area contributed by atoms with Gasteiger partial charge in [0.05, 0.1) is 24.0 Å². The lowest BCUT2D eigenvalue weighted by Crippen LogP contribution is -1.99. The summed E-state index contributed by atoms with van der Waals surface area (Å²) in [7, 11) is 1.67. The number of aryl methyl sites for hydroxylation is 2. The zero-order valence-electron chi connectivity index (χ0n) is 13.0. The van der Waals surface area contributed by atoms with Crippen LogP contribution in [0.2, 0.25) is 0 Å². The summed E-state index contributed by atoms with van der Waals surface area (Å²) >= 11 is 0. The van der Waals surface area contributed by atoms with Crippen LogP contribution < -0.4 is 15.8 Å². The van der Waals surface area contributed by atoms with Crippen LogP contribution in [0.1, 0.15) is 11.1 Å². The number of ether oxygens (including phenoxy) is 1. The second-order valence-electron chi connectivity index (χ2n) is 5.42. The van der Waals surface area contributed by atoms with E-state index in [1.807, 2.05) is 49.4 Å². The van der Waals surface area contributed by atoms with Gasteiger partial charge in [-0.05, 0) is 61.4 Å². The van der Waals surface area contributed by atoms with E-state index in [0.717, 1.165) is 39.3 Å². The molecule has 0 bridgehead atoms. The molecular weight excluding hydrogens is 274 g/mol. The summed E-state index contributed by atoms with van der Waals surface area (Å²) in [6.07, 6.45) is 0. The van der Waals surface area contributed by atoms with E-state index in [1.54, 1.807) is 7.11 Å². The van der Waals surface area contributed by atoms with Crippen molar-refractivity contribution in [2.45, 2.75) is 13.8 Å². The molecule has 112 valence electrons. The summed E-state index contributed by atoms with van der Waals surface area (Å²) in [5, 5.41) is 4.38. The molecule has 1 heterocycles. The van der Waals surface area contributed by atoms with Gasteiger partial charge in [0.15, 0.2) is 0 Å². The van der Waals surface area contributed by atoms with Gasteiger partial charge in [-0.15, -0.1) is 0 Å². The maximum absolute atomic E-state index is 6.05. The summed E-state index contributed by atoms with van der Waals surface area (Å²) in [5.41, 5.74) is 10.8. The average molecular weight is 293 g/mol. The van der Waals surface area contributed by atoms with Crippen molar-refractivity contribution in [1.82, 2.24) is 4.98 Å². The Labute approximate surface area is 129 Å². The Bertz CT molecular complexity index is 843. The second kappa shape index (κ2) is 5.56. The van der Waals surface area contributed by atoms with Crippen molar-refractivity contribution in [2.75, 3.05) is 18.2 Å². The second-order valence-corrected chi connectivity index (χ2v) is 5.42. The summed E-state index contributed by atoms with van der Waals surface area (Å²) in [5.74, 6) is 1.62. The molecule has 22 heavy (non-hydrogen) atoms. The third-order valence-electron chi connectivity index (χ3n) is 3.69. The quantitative estimate of drug-likeness (QED) is 0.711. The molecule has 4 heteroatoms. The minimum Gasteiger partial charge on any atom is -0.497 e. The lowest BCUT2D eigenvalue weighted by molar-refractivity contribution is 0.415. The molecule has 0 aliphatic carbocycles. The van der Waals surface area contributed by atoms with Gasteiger partial charge in [-0.2, -0.15) is 0 Å². The number of pyridine rings is 1. The van der Waals surface area contributed by atoms with Gasteiger partial charge in [-0.3, -0.25) is 0 Å². The molecule has 3 aromatic rings. The predicted molar refractivity (Wildman–Crippen MR) is 91.9 cm³/mol. The van der Waals surface area contributed by atoms with Gasteiger partial charge >= 0.3 is 0 Å². The first kappa shape index (κ1) is 14.2. The zero-order chi connectivity index (χ0) is 15.7. The van der Waals surface area contributed by atoms with Crippen molar-refractivity contribution in [3.05, 3.63) is 53.6 Å². The highest BCUT2D eigenvalue weighted by molar-refractivity contribution is 5.86. The maximum atomic E-state index is 6.05. The number of nitrogen functional groups attached to an aromatic ring is 1. The van der Waals surface area contributed by atoms with Gasteiger partial charge in [0, 0.05) is 5.39 Å². The number of nitrogens with zero attached hydrogens (tertiary/aromatic N) is 1. The average Bonchev–Trinajstić information content (AvgIpc) is 2.50. The van der Waals surface area contributed by atoms with E-state index in [4.69, 9.17) is 10.5 Å². The highest BCUT2D eigenvalue weighted by Crippen LogP contribution is 2.28. The first-order chi connectivity index (χ1) is 10.6. The number of nitrogens with one attached hydrogen (secondary N) is 1.